The summed E-state index contributed by atoms with van der Waals surface area (Å²) in [5.74, 6) is -0.466. The molecule has 0 heterocycles. The lowest BCUT2D eigenvalue weighted by Crippen LogP contribution is -2.30. The van der Waals surface area contributed by atoms with E-state index in [1.54, 1.807) is 0 Å². The van der Waals surface area contributed by atoms with Crippen LogP contribution in [0.25, 0.3) is 0 Å². The minimum absolute atomic E-state index is 0.108. The molecule has 0 bridgehead atoms. The van der Waals surface area contributed by atoms with Gasteiger partial charge in [0.05, 0.1) is 26.4 Å². The molecule has 0 aliphatic carbocycles. The number of carbonyl (C=O) groups is 4. The maximum Gasteiger partial charge on any atom is 0.472 e. The Bertz CT molecular complexity index is 2100. The molecule has 0 aliphatic rings. The highest BCUT2D eigenvalue weighted by molar-refractivity contribution is 7.47. The number of aliphatic hydroxyl groups is 1. The van der Waals surface area contributed by atoms with Crippen molar-refractivity contribution in [1.82, 2.24) is 0 Å². The Kier molecular flexibility index (Phi) is 80.7. The van der Waals surface area contributed by atoms with Gasteiger partial charge in [-0.1, -0.05) is 440 Å². The van der Waals surface area contributed by atoms with Crippen LogP contribution in [-0.2, 0) is 65.4 Å². The molecular formula is C91H178O17P2. The van der Waals surface area contributed by atoms with Crippen molar-refractivity contribution in [3.8, 4) is 0 Å². The smallest absolute Gasteiger partial charge is 0.462 e. The number of hydrogen-bond donors (Lipinski definition) is 3. The lowest BCUT2D eigenvalue weighted by molar-refractivity contribution is -0.161. The molecule has 6 atom stereocenters. The summed E-state index contributed by atoms with van der Waals surface area (Å²) in [5, 5.41) is 10.7. The molecule has 0 aliphatic heterocycles. The first-order valence-corrected chi connectivity index (χ1v) is 50.0. The highest BCUT2D eigenvalue weighted by Crippen LogP contribution is 2.45. The SMILES string of the molecule is CCCCCCCCCCCCCCCCCCCCCCCC(=O)OC[C@H](COP(=O)(O)OC[C@@H](O)COP(=O)(O)OC[C@@H](COC(=O)CCCCCCCCCCCCC(C)C)OC(=O)CCCCCCCCCCCCCCCC)OC(=O)CCCCCCCCCCCCCCCCCCCCC(C)CC. The number of carbonyl (C=O) groups excluding carboxylic acids is 4. The third-order valence-corrected chi connectivity index (χ3v) is 23.7. The quantitative estimate of drug-likeness (QED) is 0.0222. The van der Waals surface area contributed by atoms with E-state index in [4.69, 9.17) is 37.0 Å². The van der Waals surface area contributed by atoms with Crippen LogP contribution in [0.2, 0.25) is 0 Å². The van der Waals surface area contributed by atoms with Gasteiger partial charge in [-0.25, -0.2) is 9.13 Å². The molecule has 0 rings (SSSR count). The van der Waals surface area contributed by atoms with Gasteiger partial charge in [0.25, 0.3) is 0 Å². The van der Waals surface area contributed by atoms with E-state index in [1.165, 1.54) is 308 Å². The van der Waals surface area contributed by atoms with Crippen LogP contribution in [0.4, 0.5) is 0 Å². The first-order valence-electron chi connectivity index (χ1n) is 47.0. The Morgan fingerprint density at radius 1 is 0.264 bits per heavy atom. The molecule has 110 heavy (non-hydrogen) atoms. The van der Waals surface area contributed by atoms with E-state index >= 15 is 0 Å². The van der Waals surface area contributed by atoms with E-state index in [2.05, 4.69) is 41.5 Å². The Morgan fingerprint density at radius 3 is 0.691 bits per heavy atom. The normalized spacial score (nSPS) is 14.0. The van der Waals surface area contributed by atoms with Gasteiger partial charge >= 0.3 is 39.5 Å². The second-order valence-electron chi connectivity index (χ2n) is 33.4. The average Bonchev–Trinajstić information content (AvgIpc) is 0.897. The summed E-state index contributed by atoms with van der Waals surface area (Å²) in [6.07, 6.45) is 76.4. The summed E-state index contributed by atoms with van der Waals surface area (Å²) in [4.78, 5) is 73.4. The van der Waals surface area contributed by atoms with Crippen molar-refractivity contribution in [2.24, 2.45) is 11.8 Å². The molecule has 0 saturated carbocycles. The highest BCUT2D eigenvalue weighted by atomic mass is 31.2. The van der Waals surface area contributed by atoms with Crippen LogP contribution in [0.3, 0.4) is 0 Å². The van der Waals surface area contributed by atoms with E-state index in [0.717, 1.165) is 102 Å². The fourth-order valence-corrected chi connectivity index (χ4v) is 15.9. The van der Waals surface area contributed by atoms with Gasteiger partial charge in [0, 0.05) is 25.7 Å². The summed E-state index contributed by atoms with van der Waals surface area (Å²) < 4.78 is 69.1. The molecule has 654 valence electrons. The van der Waals surface area contributed by atoms with Crippen LogP contribution >= 0.6 is 15.6 Å². The van der Waals surface area contributed by atoms with E-state index < -0.39 is 97.5 Å². The topological polar surface area (TPSA) is 237 Å². The molecule has 0 aromatic carbocycles. The molecule has 0 radical (unpaired) electrons. The minimum Gasteiger partial charge on any atom is -0.462 e. The number of esters is 4. The Labute approximate surface area is 677 Å². The van der Waals surface area contributed by atoms with Crippen molar-refractivity contribution in [1.29, 1.82) is 0 Å². The Morgan fingerprint density at radius 2 is 0.464 bits per heavy atom. The van der Waals surface area contributed by atoms with Crippen molar-refractivity contribution in [2.75, 3.05) is 39.6 Å². The number of aliphatic hydroxyl groups excluding tert-OH is 1. The zero-order chi connectivity index (χ0) is 80.6. The first-order chi connectivity index (χ1) is 53.4. The van der Waals surface area contributed by atoms with E-state index in [0.29, 0.717) is 25.7 Å². The zero-order valence-corrected chi connectivity index (χ0v) is 74.4. The number of unbranched alkanes of at least 4 members (excludes halogenated alkanes) is 59. The second kappa shape index (κ2) is 82.2. The number of hydrogen-bond acceptors (Lipinski definition) is 15. The number of rotatable bonds is 90. The highest BCUT2D eigenvalue weighted by Gasteiger charge is 2.31. The fraction of sp³-hybridized carbons (Fsp3) is 0.956. The predicted octanol–water partition coefficient (Wildman–Crippen LogP) is 28.2. The summed E-state index contributed by atoms with van der Waals surface area (Å²) >= 11 is 0. The van der Waals surface area contributed by atoms with Gasteiger partial charge in [-0.3, -0.25) is 37.3 Å². The van der Waals surface area contributed by atoms with Crippen molar-refractivity contribution in [2.45, 2.75) is 509 Å². The summed E-state index contributed by atoms with van der Waals surface area (Å²) in [7, 11) is -9.93. The molecule has 3 unspecified atom stereocenters. The van der Waals surface area contributed by atoms with Gasteiger partial charge < -0.3 is 33.8 Å². The molecule has 0 spiro atoms. The van der Waals surface area contributed by atoms with Crippen LogP contribution in [-0.4, -0.2) is 96.7 Å². The molecule has 0 aromatic heterocycles. The fourth-order valence-electron chi connectivity index (χ4n) is 14.3. The summed E-state index contributed by atoms with van der Waals surface area (Å²) in [5.41, 5.74) is 0. The standard InChI is InChI=1S/C91H178O17P2/c1-7-10-12-14-16-18-20-22-24-25-26-27-28-32-35-39-42-49-55-61-67-73-88(93)101-79-86(107-91(96)76-70-64-58-52-44-40-36-33-30-29-31-34-37-41-48-54-60-66-72-84(6)9-3)81-105-109(97,98)103-77-85(92)78-104-110(99,100)106-82-87(80-102-89(94)74-68-62-56-50-46-45-47-53-59-65-71-83(4)5)108-90(95)75-69-63-57-51-43-38-23-21-19-17-15-13-11-8-2/h83-87,92H,7-82H2,1-6H3,(H,97,98)(H,99,100)/t84?,85-,86-,87-/m1/s1. The molecule has 19 heteroatoms. The van der Waals surface area contributed by atoms with Gasteiger partial charge in [-0.15, -0.1) is 0 Å². The summed E-state index contributed by atoms with van der Waals surface area (Å²) in [6, 6.07) is 0. The van der Waals surface area contributed by atoms with Gasteiger partial charge in [-0.05, 0) is 37.5 Å². The monoisotopic (exact) mass is 1610 g/mol. The van der Waals surface area contributed by atoms with E-state index in [9.17, 15) is 43.2 Å². The third kappa shape index (κ3) is 82.6. The van der Waals surface area contributed by atoms with Crippen molar-refractivity contribution < 1.29 is 80.2 Å². The number of phosphoric ester groups is 2. The maximum atomic E-state index is 13.2. The molecular weight excluding hydrogens is 1430 g/mol. The first kappa shape index (κ1) is 108. The predicted molar refractivity (Wildman–Crippen MR) is 455 cm³/mol. The lowest BCUT2D eigenvalue weighted by Gasteiger charge is -2.21. The van der Waals surface area contributed by atoms with E-state index in [-0.39, 0.29) is 25.7 Å². The van der Waals surface area contributed by atoms with Gasteiger partial charge in [0.15, 0.2) is 12.2 Å². The molecule has 0 aromatic rings. The Hall–Kier alpha value is -1.94. The molecule has 0 fully saturated rings. The van der Waals surface area contributed by atoms with Crippen molar-refractivity contribution in [3.63, 3.8) is 0 Å². The van der Waals surface area contributed by atoms with Crippen LogP contribution < -0.4 is 0 Å². The number of ether oxygens (including phenoxy) is 4. The van der Waals surface area contributed by atoms with E-state index in [1.807, 2.05) is 0 Å². The molecule has 0 amide bonds. The third-order valence-electron chi connectivity index (χ3n) is 21.8. The average molecular weight is 1610 g/mol. The summed E-state index contributed by atoms with van der Waals surface area (Å²) in [6.45, 7) is 9.76. The molecule has 0 saturated heterocycles. The number of phosphoric acid groups is 2. The van der Waals surface area contributed by atoms with Gasteiger partial charge in [-0.2, -0.15) is 0 Å². The van der Waals surface area contributed by atoms with Crippen molar-refractivity contribution in [3.05, 3.63) is 0 Å². The van der Waals surface area contributed by atoms with Crippen LogP contribution in [0.1, 0.15) is 491 Å². The van der Waals surface area contributed by atoms with Crippen molar-refractivity contribution >= 4 is 39.5 Å². The van der Waals surface area contributed by atoms with Crippen LogP contribution in [0, 0.1) is 11.8 Å². The molecule has 17 nitrogen and oxygen atoms in total. The molecule has 3 N–H and O–H groups in total. The zero-order valence-electron chi connectivity index (χ0n) is 72.6. The maximum absolute atomic E-state index is 13.2. The van der Waals surface area contributed by atoms with Gasteiger partial charge in [0.1, 0.15) is 19.3 Å². The Balaban J connectivity index is 5.24. The van der Waals surface area contributed by atoms with Crippen LogP contribution in [0.5, 0.6) is 0 Å². The minimum atomic E-state index is -4.97. The largest absolute Gasteiger partial charge is 0.472 e. The van der Waals surface area contributed by atoms with Gasteiger partial charge in [0.2, 0.25) is 0 Å². The second-order valence-corrected chi connectivity index (χ2v) is 36.3. The lowest BCUT2D eigenvalue weighted by atomic mass is 9.99. The van der Waals surface area contributed by atoms with Crippen LogP contribution in [0.15, 0.2) is 0 Å².